The number of aromatic nitrogens is 2. The number of hydrogen-bond donors (Lipinski definition) is 1. The first-order valence-electron chi connectivity index (χ1n) is 5.93. The van der Waals surface area contributed by atoms with E-state index in [1.807, 2.05) is 18.2 Å². The Hall–Kier alpha value is -2.70. The molecule has 0 amide bonds. The molecule has 7 nitrogen and oxygen atoms in total. The van der Waals surface area contributed by atoms with Gasteiger partial charge in [-0.1, -0.05) is 6.07 Å². The average Bonchev–Trinajstić information content (AvgIpc) is 2.92. The van der Waals surface area contributed by atoms with Crippen LogP contribution in [0.1, 0.15) is 5.56 Å². The molecule has 1 aliphatic heterocycles. The monoisotopic (exact) mass is 275 g/mol. The maximum atomic E-state index is 5.68. The number of nitrogen functional groups attached to an aromatic ring is 1. The molecule has 0 saturated heterocycles. The third-order valence-electron chi connectivity index (χ3n) is 2.82. The molecule has 0 unspecified atom stereocenters. The predicted molar refractivity (Wildman–Crippen MR) is 69.9 cm³/mol. The summed E-state index contributed by atoms with van der Waals surface area (Å²) in [5.74, 6) is 2.31. The molecule has 1 aromatic heterocycles. The van der Waals surface area contributed by atoms with Crippen molar-refractivity contribution < 1.29 is 18.9 Å². The van der Waals surface area contributed by atoms with Crippen LogP contribution >= 0.6 is 0 Å². The van der Waals surface area contributed by atoms with Gasteiger partial charge in [0.2, 0.25) is 12.5 Å². The van der Waals surface area contributed by atoms with Crippen molar-refractivity contribution in [1.82, 2.24) is 9.97 Å². The van der Waals surface area contributed by atoms with E-state index in [0.717, 1.165) is 11.3 Å². The summed E-state index contributed by atoms with van der Waals surface area (Å²) in [4.78, 5) is 7.84. The molecule has 0 aliphatic carbocycles. The fraction of sp³-hybridized carbons (Fsp3) is 0.231. The molecule has 1 aromatic carbocycles. The van der Waals surface area contributed by atoms with Gasteiger partial charge in [-0.3, -0.25) is 0 Å². The third-order valence-corrected chi connectivity index (χ3v) is 2.82. The van der Waals surface area contributed by atoms with E-state index in [4.69, 9.17) is 24.7 Å². The number of fused-ring (bicyclic) bond motifs is 1. The van der Waals surface area contributed by atoms with E-state index in [2.05, 4.69) is 9.97 Å². The van der Waals surface area contributed by atoms with Gasteiger partial charge in [-0.25, -0.2) is 4.98 Å². The van der Waals surface area contributed by atoms with Gasteiger partial charge in [-0.05, 0) is 17.7 Å². The van der Waals surface area contributed by atoms with Crippen LogP contribution in [0.15, 0.2) is 24.5 Å². The number of rotatable bonds is 4. The quantitative estimate of drug-likeness (QED) is 0.901. The van der Waals surface area contributed by atoms with Crippen LogP contribution < -0.4 is 24.7 Å². The molecular formula is C13H13N3O4. The molecule has 7 heteroatoms. The molecule has 3 rings (SSSR count). The van der Waals surface area contributed by atoms with Gasteiger partial charge in [0.25, 0.3) is 5.88 Å². The van der Waals surface area contributed by atoms with Crippen molar-refractivity contribution in [2.45, 2.75) is 6.61 Å². The van der Waals surface area contributed by atoms with Crippen molar-refractivity contribution in [3.05, 3.63) is 30.1 Å². The molecule has 20 heavy (non-hydrogen) atoms. The zero-order chi connectivity index (χ0) is 13.9. The topological polar surface area (TPSA) is 88.7 Å². The lowest BCUT2D eigenvalue weighted by atomic mass is 10.2. The second kappa shape index (κ2) is 5.12. The Morgan fingerprint density at radius 3 is 2.95 bits per heavy atom. The molecule has 0 saturated carbocycles. The fourth-order valence-electron chi connectivity index (χ4n) is 1.85. The van der Waals surface area contributed by atoms with Gasteiger partial charge in [0.05, 0.1) is 7.11 Å². The van der Waals surface area contributed by atoms with Gasteiger partial charge in [0.15, 0.2) is 17.3 Å². The zero-order valence-electron chi connectivity index (χ0n) is 10.8. The summed E-state index contributed by atoms with van der Waals surface area (Å²) >= 11 is 0. The first-order chi connectivity index (χ1) is 9.78. The molecule has 0 fully saturated rings. The van der Waals surface area contributed by atoms with Gasteiger partial charge in [-0.15, -0.1) is 0 Å². The third kappa shape index (κ3) is 2.25. The normalized spacial score (nSPS) is 12.2. The molecule has 104 valence electrons. The number of hydrogen-bond acceptors (Lipinski definition) is 7. The van der Waals surface area contributed by atoms with E-state index in [-0.39, 0.29) is 12.6 Å². The number of benzene rings is 1. The Morgan fingerprint density at radius 1 is 1.25 bits per heavy atom. The maximum absolute atomic E-state index is 5.68. The Balaban J connectivity index is 1.75. The molecule has 2 aromatic rings. The Labute approximate surface area is 115 Å². The predicted octanol–water partition coefficient (Wildman–Crippen LogP) is 1.38. The van der Waals surface area contributed by atoms with Crippen molar-refractivity contribution in [2.24, 2.45) is 0 Å². The van der Waals surface area contributed by atoms with Gasteiger partial charge in [0, 0.05) is 0 Å². The van der Waals surface area contributed by atoms with E-state index in [1.54, 1.807) is 0 Å². The number of methoxy groups -OCH3 is 1. The van der Waals surface area contributed by atoms with Crippen LogP contribution in [0.5, 0.6) is 23.1 Å². The van der Waals surface area contributed by atoms with E-state index >= 15 is 0 Å². The SMILES string of the molecule is COc1c(N)ncnc1OCc1ccc2c(c1)OCO2. The highest BCUT2D eigenvalue weighted by atomic mass is 16.7. The molecule has 2 N–H and O–H groups in total. The Kier molecular flexibility index (Phi) is 3.16. The highest BCUT2D eigenvalue weighted by molar-refractivity contribution is 5.51. The summed E-state index contributed by atoms with van der Waals surface area (Å²) in [5, 5.41) is 0. The first-order valence-corrected chi connectivity index (χ1v) is 5.93. The smallest absolute Gasteiger partial charge is 0.262 e. The number of nitrogens with zero attached hydrogens (tertiary/aromatic N) is 2. The number of ether oxygens (including phenoxy) is 4. The molecule has 0 spiro atoms. The highest BCUT2D eigenvalue weighted by Crippen LogP contribution is 2.33. The summed E-state index contributed by atoms with van der Waals surface area (Å²) in [7, 11) is 1.49. The minimum absolute atomic E-state index is 0.239. The van der Waals surface area contributed by atoms with E-state index in [1.165, 1.54) is 13.4 Å². The van der Waals surface area contributed by atoms with Gasteiger partial charge in [0.1, 0.15) is 12.9 Å². The molecule has 1 aliphatic rings. The molecule has 0 radical (unpaired) electrons. The Morgan fingerprint density at radius 2 is 2.10 bits per heavy atom. The Bertz CT molecular complexity index is 633. The zero-order valence-corrected chi connectivity index (χ0v) is 10.8. The lowest BCUT2D eigenvalue weighted by molar-refractivity contribution is 0.174. The van der Waals surface area contributed by atoms with E-state index < -0.39 is 0 Å². The lowest BCUT2D eigenvalue weighted by Crippen LogP contribution is -2.03. The van der Waals surface area contributed by atoms with Crippen LogP contribution in [-0.4, -0.2) is 23.9 Å². The standard InChI is InChI=1S/C13H13N3O4/c1-17-11-12(14)15-6-16-13(11)18-5-8-2-3-9-10(4-8)20-7-19-9/h2-4,6H,5,7H2,1H3,(H2,14,15,16). The number of nitrogens with two attached hydrogens (primary N) is 1. The van der Waals surface area contributed by atoms with Crippen LogP contribution in [0.2, 0.25) is 0 Å². The summed E-state index contributed by atoms with van der Waals surface area (Å²) in [5.41, 5.74) is 6.61. The van der Waals surface area contributed by atoms with Gasteiger partial charge >= 0.3 is 0 Å². The van der Waals surface area contributed by atoms with Crippen LogP contribution in [0.3, 0.4) is 0 Å². The summed E-state index contributed by atoms with van der Waals surface area (Å²) in [6.45, 7) is 0.555. The van der Waals surface area contributed by atoms with Crippen LogP contribution in [0.25, 0.3) is 0 Å². The summed E-state index contributed by atoms with van der Waals surface area (Å²) in [6, 6.07) is 5.59. The highest BCUT2D eigenvalue weighted by Gasteiger charge is 2.15. The minimum Gasteiger partial charge on any atom is -0.489 e. The second-order valence-electron chi connectivity index (χ2n) is 4.07. The van der Waals surface area contributed by atoms with Crippen molar-refractivity contribution in [1.29, 1.82) is 0 Å². The van der Waals surface area contributed by atoms with Crippen LogP contribution in [-0.2, 0) is 6.61 Å². The van der Waals surface area contributed by atoms with Crippen molar-refractivity contribution >= 4 is 5.82 Å². The molecule has 0 bridgehead atoms. The largest absolute Gasteiger partial charge is 0.489 e. The van der Waals surface area contributed by atoms with E-state index in [0.29, 0.717) is 24.0 Å². The minimum atomic E-state index is 0.239. The van der Waals surface area contributed by atoms with Crippen LogP contribution in [0, 0.1) is 0 Å². The molecule has 2 heterocycles. The van der Waals surface area contributed by atoms with Crippen molar-refractivity contribution in [3.63, 3.8) is 0 Å². The lowest BCUT2D eigenvalue weighted by Gasteiger charge is -2.10. The average molecular weight is 275 g/mol. The van der Waals surface area contributed by atoms with Crippen molar-refractivity contribution in [3.8, 4) is 23.1 Å². The summed E-state index contributed by atoms with van der Waals surface area (Å²) in [6.07, 6.45) is 1.33. The fourth-order valence-corrected chi connectivity index (χ4v) is 1.85. The first kappa shape index (κ1) is 12.3. The summed E-state index contributed by atoms with van der Waals surface area (Å²) < 4.78 is 21.3. The molecule has 0 atom stereocenters. The van der Waals surface area contributed by atoms with Gasteiger partial charge in [-0.2, -0.15) is 4.98 Å². The van der Waals surface area contributed by atoms with E-state index in [9.17, 15) is 0 Å². The molecular weight excluding hydrogens is 262 g/mol. The van der Waals surface area contributed by atoms with Crippen LogP contribution in [0.4, 0.5) is 5.82 Å². The van der Waals surface area contributed by atoms with Gasteiger partial charge < -0.3 is 24.7 Å². The number of anilines is 1. The second-order valence-corrected chi connectivity index (χ2v) is 4.07. The maximum Gasteiger partial charge on any atom is 0.262 e. The van der Waals surface area contributed by atoms with Crippen molar-refractivity contribution in [2.75, 3.05) is 19.6 Å².